The Bertz CT molecular complexity index is 866. The number of sulfone groups is 1. The van der Waals surface area contributed by atoms with Crippen molar-refractivity contribution in [3.63, 3.8) is 0 Å². The van der Waals surface area contributed by atoms with E-state index >= 15 is 0 Å². The highest BCUT2D eigenvalue weighted by Crippen LogP contribution is 2.29. The first-order valence-corrected chi connectivity index (χ1v) is 10.2. The summed E-state index contributed by atoms with van der Waals surface area (Å²) in [7, 11) is -1.40. The molecule has 1 aliphatic rings. The van der Waals surface area contributed by atoms with Crippen LogP contribution < -0.4 is 4.74 Å². The van der Waals surface area contributed by atoms with Crippen LogP contribution in [0.15, 0.2) is 28.9 Å². The summed E-state index contributed by atoms with van der Waals surface area (Å²) >= 11 is 0. The Labute approximate surface area is 147 Å². The van der Waals surface area contributed by atoms with Gasteiger partial charge in [0, 0.05) is 44.5 Å². The zero-order valence-corrected chi connectivity index (χ0v) is 15.2. The minimum absolute atomic E-state index is 0.0700. The average molecular weight is 366 g/mol. The van der Waals surface area contributed by atoms with E-state index < -0.39 is 9.84 Å². The summed E-state index contributed by atoms with van der Waals surface area (Å²) in [6.07, 6.45) is 2.81. The Kier molecular flexibility index (Phi) is 5.01. The number of amides is 1. The van der Waals surface area contributed by atoms with E-state index in [4.69, 9.17) is 9.15 Å². The lowest BCUT2D eigenvalue weighted by Gasteiger charge is -2.34. The van der Waals surface area contributed by atoms with E-state index in [9.17, 15) is 13.2 Å². The van der Waals surface area contributed by atoms with Crippen LogP contribution in [-0.4, -0.2) is 76.0 Å². The van der Waals surface area contributed by atoms with Gasteiger partial charge in [-0.05, 0) is 18.2 Å². The van der Waals surface area contributed by atoms with Crippen molar-refractivity contribution < 1.29 is 22.4 Å². The number of piperazine rings is 1. The molecule has 1 amide bonds. The van der Waals surface area contributed by atoms with Crippen LogP contribution in [0.1, 0.15) is 10.4 Å². The van der Waals surface area contributed by atoms with Crippen molar-refractivity contribution in [2.24, 2.45) is 0 Å². The van der Waals surface area contributed by atoms with E-state index in [1.165, 1.54) is 6.26 Å². The lowest BCUT2D eigenvalue weighted by Crippen LogP contribution is -2.49. The van der Waals surface area contributed by atoms with Gasteiger partial charge >= 0.3 is 0 Å². The van der Waals surface area contributed by atoms with E-state index in [1.807, 2.05) is 6.07 Å². The Morgan fingerprint density at radius 1 is 1.24 bits per heavy atom. The SMILES string of the molecule is COc1cc(C(=O)N2CCN(CCS(C)(=O)=O)CC2)cc2occc12. The van der Waals surface area contributed by atoms with Crippen molar-refractivity contribution >= 4 is 26.7 Å². The lowest BCUT2D eigenvalue weighted by molar-refractivity contribution is 0.0643. The predicted molar refractivity (Wildman–Crippen MR) is 94.8 cm³/mol. The van der Waals surface area contributed by atoms with Crippen molar-refractivity contribution in [2.45, 2.75) is 0 Å². The fourth-order valence-electron chi connectivity index (χ4n) is 2.98. The number of ether oxygens (including phenoxy) is 1. The van der Waals surface area contributed by atoms with Crippen LogP contribution in [-0.2, 0) is 9.84 Å². The summed E-state index contributed by atoms with van der Waals surface area (Å²) in [5.41, 5.74) is 1.15. The van der Waals surface area contributed by atoms with Crippen molar-refractivity contribution in [2.75, 3.05) is 51.8 Å². The summed E-state index contributed by atoms with van der Waals surface area (Å²) in [5.74, 6) is 0.688. The molecule has 136 valence electrons. The largest absolute Gasteiger partial charge is 0.496 e. The highest BCUT2D eigenvalue weighted by molar-refractivity contribution is 7.90. The highest BCUT2D eigenvalue weighted by atomic mass is 32.2. The van der Waals surface area contributed by atoms with Gasteiger partial charge in [0.15, 0.2) is 0 Å². The second-order valence-corrected chi connectivity index (χ2v) is 8.53. The van der Waals surface area contributed by atoms with Crippen LogP contribution in [0.3, 0.4) is 0 Å². The third-order valence-corrected chi connectivity index (χ3v) is 5.36. The predicted octanol–water partition coefficient (Wildman–Crippen LogP) is 1.24. The molecule has 1 saturated heterocycles. The third kappa shape index (κ3) is 4.13. The first-order chi connectivity index (χ1) is 11.9. The van der Waals surface area contributed by atoms with E-state index in [1.54, 1.807) is 30.4 Å². The van der Waals surface area contributed by atoms with Crippen molar-refractivity contribution in [3.05, 3.63) is 30.0 Å². The molecule has 0 aliphatic carbocycles. The molecule has 2 heterocycles. The van der Waals surface area contributed by atoms with Crippen molar-refractivity contribution in [1.29, 1.82) is 0 Å². The first kappa shape index (κ1) is 17.8. The Hall–Kier alpha value is -2.06. The summed E-state index contributed by atoms with van der Waals surface area (Å²) in [5, 5.41) is 0.838. The van der Waals surface area contributed by atoms with Gasteiger partial charge in [-0.2, -0.15) is 0 Å². The molecule has 25 heavy (non-hydrogen) atoms. The molecule has 8 heteroatoms. The molecule has 1 fully saturated rings. The number of fused-ring (bicyclic) bond motifs is 1. The van der Waals surface area contributed by atoms with E-state index in [2.05, 4.69) is 4.90 Å². The number of methoxy groups -OCH3 is 1. The number of benzene rings is 1. The van der Waals surface area contributed by atoms with Gasteiger partial charge < -0.3 is 14.1 Å². The molecule has 7 nitrogen and oxygen atoms in total. The molecular formula is C17H22N2O5S. The molecule has 1 aromatic heterocycles. The first-order valence-electron chi connectivity index (χ1n) is 8.12. The van der Waals surface area contributed by atoms with E-state index in [-0.39, 0.29) is 11.7 Å². The molecule has 3 rings (SSSR count). The number of hydrogen-bond acceptors (Lipinski definition) is 6. The maximum Gasteiger partial charge on any atom is 0.254 e. The maximum absolute atomic E-state index is 12.8. The van der Waals surface area contributed by atoms with Gasteiger partial charge in [-0.25, -0.2) is 8.42 Å². The molecule has 0 saturated carbocycles. The number of furan rings is 1. The normalized spacial score (nSPS) is 16.3. The van der Waals surface area contributed by atoms with E-state index in [0.717, 1.165) is 5.39 Å². The van der Waals surface area contributed by atoms with Crippen molar-refractivity contribution in [1.82, 2.24) is 9.80 Å². The second-order valence-electron chi connectivity index (χ2n) is 6.27. The van der Waals surface area contributed by atoms with Gasteiger partial charge in [0.1, 0.15) is 21.2 Å². The average Bonchev–Trinajstić information content (AvgIpc) is 3.07. The zero-order chi connectivity index (χ0) is 18.0. The molecule has 1 aliphatic heterocycles. The topological polar surface area (TPSA) is 80.1 Å². The Balaban J connectivity index is 1.66. The second kappa shape index (κ2) is 7.05. The highest BCUT2D eigenvalue weighted by Gasteiger charge is 2.24. The summed E-state index contributed by atoms with van der Waals surface area (Å²) in [6, 6.07) is 5.27. The molecule has 0 bridgehead atoms. The summed E-state index contributed by atoms with van der Waals surface area (Å²) in [6.45, 7) is 2.98. The molecule has 0 N–H and O–H groups in total. The number of carbonyl (C=O) groups is 1. The maximum atomic E-state index is 12.8. The minimum atomic E-state index is -2.97. The summed E-state index contributed by atoms with van der Waals surface area (Å²) in [4.78, 5) is 16.6. The molecule has 0 unspecified atom stereocenters. The molecule has 0 spiro atoms. The van der Waals surface area contributed by atoms with Gasteiger partial charge in [0.2, 0.25) is 0 Å². The van der Waals surface area contributed by atoms with Crippen LogP contribution in [0.25, 0.3) is 11.0 Å². The summed E-state index contributed by atoms with van der Waals surface area (Å²) < 4.78 is 33.3. The van der Waals surface area contributed by atoms with Crippen LogP contribution in [0.4, 0.5) is 0 Å². The number of nitrogens with zero attached hydrogens (tertiary/aromatic N) is 2. The third-order valence-electron chi connectivity index (χ3n) is 4.44. The fourth-order valence-corrected chi connectivity index (χ4v) is 3.57. The molecule has 2 aromatic rings. The van der Waals surface area contributed by atoms with Crippen LogP contribution in [0, 0.1) is 0 Å². The number of hydrogen-bond donors (Lipinski definition) is 0. The molecule has 1 aromatic carbocycles. The van der Waals surface area contributed by atoms with Crippen molar-refractivity contribution in [3.8, 4) is 5.75 Å². The van der Waals surface area contributed by atoms with Gasteiger partial charge in [-0.3, -0.25) is 9.69 Å². The number of rotatable bonds is 5. The molecule has 0 atom stereocenters. The van der Waals surface area contributed by atoms with Gasteiger partial charge in [-0.1, -0.05) is 0 Å². The van der Waals surface area contributed by atoms with Crippen LogP contribution in [0.5, 0.6) is 5.75 Å². The number of carbonyl (C=O) groups excluding carboxylic acids is 1. The standard InChI is InChI=1S/C17H22N2O5S/c1-23-15-11-13(12-16-14(15)3-9-24-16)17(20)19-6-4-18(5-7-19)8-10-25(2,21)22/h3,9,11-12H,4-8,10H2,1-2H3. The molecule has 0 radical (unpaired) electrons. The zero-order valence-electron chi connectivity index (χ0n) is 14.4. The smallest absolute Gasteiger partial charge is 0.254 e. The van der Waals surface area contributed by atoms with Crippen LogP contribution in [0.2, 0.25) is 0 Å². The Morgan fingerprint density at radius 3 is 2.60 bits per heavy atom. The molecular weight excluding hydrogens is 344 g/mol. The van der Waals surface area contributed by atoms with Gasteiger partial charge in [0.25, 0.3) is 5.91 Å². The minimum Gasteiger partial charge on any atom is -0.496 e. The quantitative estimate of drug-likeness (QED) is 0.792. The fraction of sp³-hybridized carbons (Fsp3) is 0.471. The van der Waals surface area contributed by atoms with Gasteiger partial charge in [-0.15, -0.1) is 0 Å². The Morgan fingerprint density at radius 2 is 1.96 bits per heavy atom. The van der Waals surface area contributed by atoms with Crippen LogP contribution >= 0.6 is 0 Å². The van der Waals surface area contributed by atoms with E-state index in [0.29, 0.717) is 49.6 Å². The van der Waals surface area contributed by atoms with Gasteiger partial charge in [0.05, 0.1) is 24.5 Å². The lowest BCUT2D eigenvalue weighted by atomic mass is 10.1. The monoisotopic (exact) mass is 366 g/mol.